The molecular weight excluding hydrogens is 210 g/mol. The Kier molecular flexibility index (Phi) is 3.34. The minimum atomic E-state index is 0.202. The van der Waals surface area contributed by atoms with E-state index in [4.69, 9.17) is 4.42 Å². The largest absolute Gasteiger partial charge is 0.472 e. The Morgan fingerprint density at radius 3 is 2.35 bits per heavy atom. The quantitative estimate of drug-likeness (QED) is 0.871. The van der Waals surface area contributed by atoms with Gasteiger partial charge in [-0.05, 0) is 56.1 Å². The van der Waals surface area contributed by atoms with Crippen molar-refractivity contribution in [2.45, 2.75) is 26.8 Å². The normalized spacial score (nSPS) is 12.7. The highest BCUT2D eigenvalue weighted by Crippen LogP contribution is 2.27. The summed E-state index contributed by atoms with van der Waals surface area (Å²) in [5.74, 6) is 0. The molecular formula is C15H19NO. The molecule has 2 aromatic rings. The predicted octanol–water partition coefficient (Wildman–Crippen LogP) is 3.51. The van der Waals surface area contributed by atoms with E-state index in [1.54, 1.807) is 12.5 Å². The number of aryl methyl sites for hydroxylation is 3. The zero-order valence-electron chi connectivity index (χ0n) is 10.9. The van der Waals surface area contributed by atoms with Crippen molar-refractivity contribution in [2.24, 2.45) is 0 Å². The van der Waals surface area contributed by atoms with Gasteiger partial charge in [0, 0.05) is 5.56 Å². The predicted molar refractivity (Wildman–Crippen MR) is 70.3 cm³/mol. The molecule has 1 heterocycles. The molecule has 2 heteroatoms. The standard InChI is InChI=1S/C15H19NO/c1-10-7-12(3)14(8-11(10)2)15(16-4)13-5-6-17-9-13/h5-9,15-16H,1-4H3. The van der Waals surface area contributed by atoms with Crippen molar-refractivity contribution in [1.29, 1.82) is 0 Å². The Morgan fingerprint density at radius 2 is 1.76 bits per heavy atom. The Morgan fingerprint density at radius 1 is 1.06 bits per heavy atom. The second-order valence-corrected chi connectivity index (χ2v) is 4.57. The van der Waals surface area contributed by atoms with E-state index in [0.717, 1.165) is 0 Å². The molecule has 1 atom stereocenters. The highest BCUT2D eigenvalue weighted by atomic mass is 16.3. The van der Waals surface area contributed by atoms with Crippen LogP contribution in [0.3, 0.4) is 0 Å². The fourth-order valence-corrected chi connectivity index (χ4v) is 2.23. The van der Waals surface area contributed by atoms with Crippen molar-refractivity contribution < 1.29 is 4.42 Å². The van der Waals surface area contributed by atoms with Gasteiger partial charge >= 0.3 is 0 Å². The lowest BCUT2D eigenvalue weighted by Crippen LogP contribution is -2.18. The van der Waals surface area contributed by atoms with Crippen LogP contribution in [0.2, 0.25) is 0 Å². The van der Waals surface area contributed by atoms with E-state index in [-0.39, 0.29) is 6.04 Å². The summed E-state index contributed by atoms with van der Waals surface area (Å²) < 4.78 is 5.17. The number of hydrogen-bond acceptors (Lipinski definition) is 2. The second kappa shape index (κ2) is 4.76. The van der Waals surface area contributed by atoms with Gasteiger partial charge in [-0.15, -0.1) is 0 Å². The molecule has 2 rings (SSSR count). The van der Waals surface area contributed by atoms with Crippen LogP contribution in [-0.2, 0) is 0 Å². The highest BCUT2D eigenvalue weighted by molar-refractivity contribution is 5.41. The van der Waals surface area contributed by atoms with Gasteiger partial charge in [0.1, 0.15) is 0 Å². The molecule has 0 aliphatic heterocycles. The third-order valence-electron chi connectivity index (χ3n) is 3.36. The maximum Gasteiger partial charge on any atom is 0.0953 e. The van der Waals surface area contributed by atoms with Gasteiger partial charge in [0.2, 0.25) is 0 Å². The van der Waals surface area contributed by atoms with E-state index in [9.17, 15) is 0 Å². The summed E-state index contributed by atoms with van der Waals surface area (Å²) in [4.78, 5) is 0. The van der Waals surface area contributed by atoms with Gasteiger partial charge in [0.05, 0.1) is 18.6 Å². The minimum Gasteiger partial charge on any atom is -0.472 e. The molecule has 17 heavy (non-hydrogen) atoms. The van der Waals surface area contributed by atoms with Gasteiger partial charge in [-0.2, -0.15) is 0 Å². The second-order valence-electron chi connectivity index (χ2n) is 4.57. The molecule has 0 spiro atoms. The monoisotopic (exact) mass is 229 g/mol. The maximum absolute atomic E-state index is 5.17. The van der Waals surface area contributed by atoms with Crippen molar-refractivity contribution in [1.82, 2.24) is 5.32 Å². The van der Waals surface area contributed by atoms with Crippen LogP contribution in [0, 0.1) is 20.8 Å². The fraction of sp³-hybridized carbons (Fsp3) is 0.333. The zero-order valence-corrected chi connectivity index (χ0v) is 10.9. The third kappa shape index (κ3) is 2.27. The summed E-state index contributed by atoms with van der Waals surface area (Å²) in [6, 6.07) is 6.72. The van der Waals surface area contributed by atoms with Gasteiger partial charge in [-0.25, -0.2) is 0 Å². The first-order chi connectivity index (χ1) is 8.13. The van der Waals surface area contributed by atoms with Crippen molar-refractivity contribution in [3.05, 3.63) is 58.5 Å². The van der Waals surface area contributed by atoms with E-state index in [1.165, 1.54) is 27.8 Å². The van der Waals surface area contributed by atoms with Gasteiger partial charge in [-0.1, -0.05) is 12.1 Å². The molecule has 1 aromatic heterocycles. The van der Waals surface area contributed by atoms with Gasteiger partial charge in [-0.3, -0.25) is 0 Å². The summed E-state index contributed by atoms with van der Waals surface area (Å²) in [6.07, 6.45) is 3.52. The third-order valence-corrected chi connectivity index (χ3v) is 3.36. The van der Waals surface area contributed by atoms with E-state index in [0.29, 0.717) is 0 Å². The average Bonchev–Trinajstić information content (AvgIpc) is 2.80. The molecule has 0 fully saturated rings. The lowest BCUT2D eigenvalue weighted by atomic mass is 9.93. The molecule has 0 bridgehead atoms. The van der Waals surface area contributed by atoms with Crippen molar-refractivity contribution in [2.75, 3.05) is 7.05 Å². The number of furan rings is 1. The summed E-state index contributed by atoms with van der Waals surface area (Å²) in [5, 5.41) is 3.35. The van der Waals surface area contributed by atoms with Gasteiger partial charge < -0.3 is 9.73 Å². The fourth-order valence-electron chi connectivity index (χ4n) is 2.23. The maximum atomic E-state index is 5.17. The Balaban J connectivity index is 2.48. The first-order valence-electron chi connectivity index (χ1n) is 5.90. The Hall–Kier alpha value is -1.54. The highest BCUT2D eigenvalue weighted by Gasteiger charge is 2.15. The summed E-state index contributed by atoms with van der Waals surface area (Å²) in [6.45, 7) is 6.46. The number of nitrogens with one attached hydrogen (secondary N) is 1. The number of benzene rings is 1. The number of hydrogen-bond donors (Lipinski definition) is 1. The van der Waals surface area contributed by atoms with Crippen LogP contribution in [-0.4, -0.2) is 7.05 Å². The molecule has 90 valence electrons. The lowest BCUT2D eigenvalue weighted by molar-refractivity contribution is 0.557. The molecule has 2 nitrogen and oxygen atoms in total. The van der Waals surface area contributed by atoms with Gasteiger partial charge in [0.15, 0.2) is 0 Å². The van der Waals surface area contributed by atoms with E-state index in [1.807, 2.05) is 13.1 Å². The molecule has 1 aromatic carbocycles. The zero-order chi connectivity index (χ0) is 12.4. The molecule has 0 saturated carbocycles. The van der Waals surface area contributed by atoms with Crippen molar-refractivity contribution in [3.8, 4) is 0 Å². The molecule has 0 saturated heterocycles. The van der Waals surface area contributed by atoms with Crippen LogP contribution in [0.4, 0.5) is 0 Å². The van der Waals surface area contributed by atoms with Crippen molar-refractivity contribution >= 4 is 0 Å². The Bertz CT molecular complexity index is 500. The molecule has 0 aliphatic carbocycles. The SMILES string of the molecule is CNC(c1ccoc1)c1cc(C)c(C)cc1C. The number of rotatable bonds is 3. The van der Waals surface area contributed by atoms with E-state index in [2.05, 4.69) is 38.2 Å². The summed E-state index contributed by atoms with van der Waals surface area (Å²) >= 11 is 0. The van der Waals surface area contributed by atoms with Crippen LogP contribution >= 0.6 is 0 Å². The van der Waals surface area contributed by atoms with E-state index >= 15 is 0 Å². The lowest BCUT2D eigenvalue weighted by Gasteiger charge is -2.19. The molecule has 0 aliphatic rings. The molecule has 0 amide bonds. The topological polar surface area (TPSA) is 25.2 Å². The molecule has 1 unspecified atom stereocenters. The Labute approximate surface area is 103 Å². The van der Waals surface area contributed by atoms with Crippen LogP contribution in [0.25, 0.3) is 0 Å². The summed E-state index contributed by atoms with van der Waals surface area (Å²) in [5.41, 5.74) is 6.46. The molecule has 0 radical (unpaired) electrons. The first kappa shape index (κ1) is 11.9. The smallest absolute Gasteiger partial charge is 0.0953 e. The van der Waals surface area contributed by atoms with Crippen molar-refractivity contribution in [3.63, 3.8) is 0 Å². The summed E-state index contributed by atoms with van der Waals surface area (Å²) in [7, 11) is 1.98. The molecule has 1 N–H and O–H groups in total. The van der Waals surface area contributed by atoms with Crippen LogP contribution in [0.5, 0.6) is 0 Å². The average molecular weight is 229 g/mol. The first-order valence-corrected chi connectivity index (χ1v) is 5.90. The van der Waals surface area contributed by atoms with Gasteiger partial charge in [0.25, 0.3) is 0 Å². The van der Waals surface area contributed by atoms with Crippen LogP contribution in [0.15, 0.2) is 35.1 Å². The van der Waals surface area contributed by atoms with Crippen LogP contribution in [0.1, 0.15) is 33.9 Å². The van der Waals surface area contributed by atoms with E-state index < -0.39 is 0 Å². The van der Waals surface area contributed by atoms with Crippen LogP contribution < -0.4 is 5.32 Å². The minimum absolute atomic E-state index is 0.202.